The van der Waals surface area contributed by atoms with Crippen LogP contribution in [-0.2, 0) is 4.74 Å². The maximum atomic E-state index is 6.13. The highest BCUT2D eigenvalue weighted by molar-refractivity contribution is 7.80. The summed E-state index contributed by atoms with van der Waals surface area (Å²) in [6.07, 6.45) is 2.38. The van der Waals surface area contributed by atoms with Crippen molar-refractivity contribution in [2.45, 2.75) is 45.0 Å². The topological polar surface area (TPSA) is 44.5 Å². The maximum Gasteiger partial charge on any atom is 0.121 e. The molecule has 3 nitrogen and oxygen atoms in total. The van der Waals surface area contributed by atoms with E-state index in [1.165, 1.54) is 0 Å². The summed E-state index contributed by atoms with van der Waals surface area (Å²) in [4.78, 5) is 0.296. The van der Waals surface area contributed by atoms with Gasteiger partial charge in [-0.2, -0.15) is 0 Å². The van der Waals surface area contributed by atoms with Crippen LogP contribution in [0.15, 0.2) is 18.2 Å². The Morgan fingerprint density at radius 3 is 2.53 bits per heavy atom. The molecule has 0 saturated carbocycles. The maximum absolute atomic E-state index is 6.13. The molecule has 0 aliphatic carbocycles. The predicted molar refractivity (Wildman–Crippen MR) is 81.0 cm³/mol. The molecule has 1 aromatic rings. The van der Waals surface area contributed by atoms with Gasteiger partial charge in [0.2, 0.25) is 0 Å². The lowest BCUT2D eigenvalue weighted by Crippen LogP contribution is -2.35. The van der Waals surface area contributed by atoms with Crippen molar-refractivity contribution in [1.29, 1.82) is 0 Å². The fourth-order valence-electron chi connectivity index (χ4n) is 2.40. The molecular formula is C14H18ClNO2S. The highest BCUT2D eigenvalue weighted by Gasteiger charge is 2.25. The zero-order valence-corrected chi connectivity index (χ0v) is 12.6. The number of hydrogen-bond acceptors (Lipinski definition) is 3. The second-order valence-electron chi connectivity index (χ2n) is 4.97. The van der Waals surface area contributed by atoms with Gasteiger partial charge in [0.05, 0.1) is 17.2 Å². The largest absolute Gasteiger partial charge is 0.490 e. The monoisotopic (exact) mass is 299 g/mol. The molecule has 1 saturated heterocycles. The molecule has 5 heteroatoms. The van der Waals surface area contributed by atoms with Gasteiger partial charge in [-0.15, -0.1) is 0 Å². The first kappa shape index (κ1) is 14.6. The lowest BCUT2D eigenvalue weighted by atomic mass is 10.0. The summed E-state index contributed by atoms with van der Waals surface area (Å²) < 4.78 is 11.7. The highest BCUT2D eigenvalue weighted by atomic mass is 35.5. The molecular weight excluding hydrogens is 282 g/mol. The molecule has 0 aromatic heterocycles. The van der Waals surface area contributed by atoms with E-state index < -0.39 is 0 Å². The van der Waals surface area contributed by atoms with Crippen LogP contribution in [0.2, 0.25) is 5.02 Å². The van der Waals surface area contributed by atoms with Crippen LogP contribution in [0.5, 0.6) is 5.75 Å². The molecule has 1 aliphatic rings. The van der Waals surface area contributed by atoms with Crippen molar-refractivity contribution < 1.29 is 9.47 Å². The van der Waals surface area contributed by atoms with Crippen LogP contribution in [-0.4, -0.2) is 23.3 Å². The van der Waals surface area contributed by atoms with Crippen LogP contribution in [0.3, 0.4) is 0 Å². The summed E-state index contributed by atoms with van der Waals surface area (Å²) in [5, 5.41) is 0.526. The molecule has 1 aliphatic heterocycles. The number of ether oxygens (including phenoxy) is 2. The Bertz CT molecular complexity index is 471. The third kappa shape index (κ3) is 3.81. The Morgan fingerprint density at radius 1 is 1.37 bits per heavy atom. The molecule has 2 N–H and O–H groups in total. The van der Waals surface area contributed by atoms with Gasteiger partial charge in [-0.1, -0.05) is 23.8 Å². The molecule has 19 heavy (non-hydrogen) atoms. The number of thiocarbonyl (C=S) groups is 1. The SMILES string of the molecule is CC1CC(Oc2ccc(C(N)=S)c(Cl)c2)CC(C)O1. The van der Waals surface area contributed by atoms with Crippen LogP contribution in [0.1, 0.15) is 32.3 Å². The summed E-state index contributed by atoms with van der Waals surface area (Å²) in [5.74, 6) is 0.747. The van der Waals surface area contributed by atoms with Gasteiger partial charge in [0.25, 0.3) is 0 Å². The second kappa shape index (κ2) is 6.07. The normalized spacial score (nSPS) is 27.0. The van der Waals surface area contributed by atoms with Crippen LogP contribution >= 0.6 is 23.8 Å². The molecule has 1 aromatic carbocycles. The molecule has 0 amide bonds. The Labute approximate surface area is 124 Å². The Balaban J connectivity index is 2.07. The van der Waals surface area contributed by atoms with E-state index in [4.69, 9.17) is 39.0 Å². The zero-order chi connectivity index (χ0) is 14.0. The van der Waals surface area contributed by atoms with Crippen molar-refractivity contribution in [3.05, 3.63) is 28.8 Å². The fourth-order valence-corrected chi connectivity index (χ4v) is 2.91. The molecule has 0 spiro atoms. The van der Waals surface area contributed by atoms with Gasteiger partial charge >= 0.3 is 0 Å². The Morgan fingerprint density at radius 2 is 2.00 bits per heavy atom. The first-order valence-corrected chi connectivity index (χ1v) is 7.15. The van der Waals surface area contributed by atoms with Crippen molar-refractivity contribution in [2.75, 3.05) is 0 Å². The molecule has 2 unspecified atom stereocenters. The number of hydrogen-bond donors (Lipinski definition) is 1. The minimum Gasteiger partial charge on any atom is -0.490 e. The van der Waals surface area contributed by atoms with Gasteiger partial charge in [0.15, 0.2) is 0 Å². The van der Waals surface area contributed by atoms with E-state index in [2.05, 4.69) is 13.8 Å². The lowest BCUT2D eigenvalue weighted by molar-refractivity contribution is -0.0721. The first-order chi connectivity index (χ1) is 8.95. The van der Waals surface area contributed by atoms with Crippen LogP contribution < -0.4 is 10.5 Å². The summed E-state index contributed by atoms with van der Waals surface area (Å²) in [6, 6.07) is 5.41. The Kier molecular flexibility index (Phi) is 4.66. The average Bonchev–Trinajstić information content (AvgIpc) is 2.26. The minimum absolute atomic E-state index is 0.158. The Hall–Kier alpha value is -0.840. The van der Waals surface area contributed by atoms with E-state index in [-0.39, 0.29) is 18.3 Å². The highest BCUT2D eigenvalue weighted by Crippen LogP contribution is 2.27. The van der Waals surface area contributed by atoms with E-state index in [1.807, 2.05) is 6.07 Å². The van der Waals surface area contributed by atoms with E-state index >= 15 is 0 Å². The molecule has 2 rings (SSSR count). The van der Waals surface area contributed by atoms with Crippen molar-refractivity contribution >= 4 is 28.8 Å². The molecule has 1 heterocycles. The van der Waals surface area contributed by atoms with Crippen molar-refractivity contribution in [3.8, 4) is 5.75 Å². The van der Waals surface area contributed by atoms with Gasteiger partial charge in [0.1, 0.15) is 16.8 Å². The van der Waals surface area contributed by atoms with Gasteiger partial charge in [-0.05, 0) is 32.0 Å². The third-order valence-electron chi connectivity index (χ3n) is 3.16. The van der Waals surface area contributed by atoms with Gasteiger partial charge in [0, 0.05) is 18.4 Å². The predicted octanol–water partition coefficient (Wildman–Crippen LogP) is 3.31. The van der Waals surface area contributed by atoms with E-state index in [0.717, 1.165) is 18.6 Å². The van der Waals surface area contributed by atoms with Gasteiger partial charge in [-0.3, -0.25) is 0 Å². The molecule has 0 radical (unpaired) electrons. The van der Waals surface area contributed by atoms with Gasteiger partial charge in [-0.25, -0.2) is 0 Å². The summed E-state index contributed by atoms with van der Waals surface area (Å²) in [6.45, 7) is 4.13. The quantitative estimate of drug-likeness (QED) is 0.870. The van der Waals surface area contributed by atoms with Crippen molar-refractivity contribution in [3.63, 3.8) is 0 Å². The lowest BCUT2D eigenvalue weighted by Gasteiger charge is -2.32. The molecule has 0 bridgehead atoms. The molecule has 1 fully saturated rings. The zero-order valence-electron chi connectivity index (χ0n) is 11.1. The average molecular weight is 300 g/mol. The molecule has 104 valence electrons. The number of halogens is 1. The minimum atomic E-state index is 0.158. The first-order valence-electron chi connectivity index (χ1n) is 6.37. The van der Waals surface area contributed by atoms with E-state index in [1.54, 1.807) is 12.1 Å². The van der Waals surface area contributed by atoms with Gasteiger partial charge < -0.3 is 15.2 Å². The second-order valence-corrected chi connectivity index (χ2v) is 5.82. The summed E-state index contributed by atoms with van der Waals surface area (Å²) in [7, 11) is 0. The van der Waals surface area contributed by atoms with E-state index in [0.29, 0.717) is 15.6 Å². The third-order valence-corrected chi connectivity index (χ3v) is 3.70. The molecule has 2 atom stereocenters. The number of nitrogens with two attached hydrogens (primary N) is 1. The van der Waals surface area contributed by atoms with Crippen LogP contribution in [0.4, 0.5) is 0 Å². The standard InChI is InChI=1S/C14H18ClNO2S/c1-8-5-11(6-9(2)17-8)18-10-3-4-12(14(16)19)13(15)7-10/h3-4,7-9,11H,5-6H2,1-2H3,(H2,16,19). The van der Waals surface area contributed by atoms with Crippen molar-refractivity contribution in [2.24, 2.45) is 5.73 Å². The van der Waals surface area contributed by atoms with Crippen molar-refractivity contribution in [1.82, 2.24) is 0 Å². The number of rotatable bonds is 3. The van der Waals surface area contributed by atoms with Crippen LogP contribution in [0, 0.1) is 0 Å². The fraction of sp³-hybridized carbons (Fsp3) is 0.500. The van der Waals surface area contributed by atoms with E-state index in [9.17, 15) is 0 Å². The summed E-state index contributed by atoms with van der Waals surface area (Å²) >= 11 is 11.0. The summed E-state index contributed by atoms with van der Waals surface area (Å²) in [5.41, 5.74) is 6.25. The number of benzene rings is 1. The van der Waals surface area contributed by atoms with Crippen LogP contribution in [0.25, 0.3) is 0 Å². The smallest absolute Gasteiger partial charge is 0.121 e.